The number of piperidine rings is 1. The Morgan fingerprint density at radius 3 is 2.18 bits per heavy atom. The Morgan fingerprint density at radius 2 is 1.68 bits per heavy atom. The van der Waals surface area contributed by atoms with Crippen LogP contribution in [0, 0.1) is 23.2 Å². The summed E-state index contributed by atoms with van der Waals surface area (Å²) in [6, 6.07) is 0. The van der Waals surface area contributed by atoms with Gasteiger partial charge in [0.1, 0.15) is 5.78 Å². The van der Waals surface area contributed by atoms with Crippen LogP contribution >= 0.6 is 0 Å². The number of hydrogen-bond donors (Lipinski definition) is 0. The van der Waals surface area contributed by atoms with E-state index < -0.39 is 0 Å². The molecule has 28 heavy (non-hydrogen) atoms. The van der Waals surface area contributed by atoms with E-state index in [2.05, 4.69) is 41.1 Å². The molecular formula is C24H39N3O. The van der Waals surface area contributed by atoms with Crippen molar-refractivity contribution in [3.05, 3.63) is 18.0 Å². The molecule has 1 aromatic rings. The van der Waals surface area contributed by atoms with Gasteiger partial charge in [-0.15, -0.1) is 0 Å². The highest BCUT2D eigenvalue weighted by molar-refractivity contribution is 5.81. The predicted molar refractivity (Wildman–Crippen MR) is 116 cm³/mol. The van der Waals surface area contributed by atoms with E-state index in [9.17, 15) is 4.79 Å². The highest BCUT2D eigenvalue weighted by Gasteiger charge is 2.54. The average Bonchev–Trinajstić information content (AvgIpc) is 2.67. The Morgan fingerprint density at radius 1 is 1.11 bits per heavy atom. The third kappa shape index (κ3) is 4.26. The highest BCUT2D eigenvalue weighted by Crippen LogP contribution is 2.64. The number of aromatic nitrogens is 2. The lowest BCUT2D eigenvalue weighted by Gasteiger charge is -2.57. The van der Waals surface area contributed by atoms with Crippen molar-refractivity contribution in [1.29, 1.82) is 0 Å². The van der Waals surface area contributed by atoms with Gasteiger partial charge in [-0.2, -0.15) is 0 Å². The normalized spacial score (nSPS) is 29.7. The monoisotopic (exact) mass is 385 g/mol. The summed E-state index contributed by atoms with van der Waals surface area (Å²) in [5.74, 6) is 3.96. The first kappa shape index (κ1) is 21.3. The number of carbonyl (C=O) groups excluding carboxylic acids is 1. The van der Waals surface area contributed by atoms with E-state index >= 15 is 0 Å². The van der Waals surface area contributed by atoms with E-state index in [1.165, 1.54) is 31.2 Å². The summed E-state index contributed by atoms with van der Waals surface area (Å²) in [5.41, 5.74) is 1.76. The minimum absolute atomic E-state index is 0.355. The SMILES string of the molecule is CC.CCC(=O)C1CC2(C1)CC(c1cnc(N3CCC(C(C)C)CC3)nc1)C2. The summed E-state index contributed by atoms with van der Waals surface area (Å²) in [6.07, 6.45) is 12.0. The molecule has 0 atom stereocenters. The van der Waals surface area contributed by atoms with E-state index in [-0.39, 0.29) is 0 Å². The van der Waals surface area contributed by atoms with Crippen LogP contribution in [0.4, 0.5) is 5.95 Å². The highest BCUT2D eigenvalue weighted by atomic mass is 16.1. The van der Waals surface area contributed by atoms with Crippen LogP contribution in [-0.4, -0.2) is 28.8 Å². The molecule has 3 fully saturated rings. The third-order valence-electron chi connectivity index (χ3n) is 7.42. The average molecular weight is 386 g/mol. The van der Waals surface area contributed by atoms with Crippen molar-refractivity contribution in [2.45, 2.75) is 85.5 Å². The fourth-order valence-electron chi connectivity index (χ4n) is 5.53. The molecule has 1 aliphatic heterocycles. The van der Waals surface area contributed by atoms with Crippen LogP contribution in [0.25, 0.3) is 0 Å². The molecule has 1 saturated heterocycles. The summed E-state index contributed by atoms with van der Waals surface area (Å²) < 4.78 is 0. The van der Waals surface area contributed by atoms with Crippen molar-refractivity contribution < 1.29 is 4.79 Å². The lowest BCUT2D eigenvalue weighted by molar-refractivity contribution is -0.135. The van der Waals surface area contributed by atoms with Crippen LogP contribution < -0.4 is 4.90 Å². The Hall–Kier alpha value is -1.45. The minimum Gasteiger partial charge on any atom is -0.341 e. The summed E-state index contributed by atoms with van der Waals surface area (Å²) in [6.45, 7) is 12.8. The van der Waals surface area contributed by atoms with Crippen LogP contribution in [-0.2, 0) is 4.79 Å². The molecule has 0 radical (unpaired) electrons. The van der Waals surface area contributed by atoms with Gasteiger partial charge < -0.3 is 4.90 Å². The zero-order chi connectivity index (χ0) is 20.3. The molecular weight excluding hydrogens is 346 g/mol. The maximum atomic E-state index is 11.8. The molecule has 4 rings (SSSR count). The molecule has 0 aromatic carbocycles. The zero-order valence-electron chi connectivity index (χ0n) is 18.6. The standard InChI is InChI=1S/C22H33N3O.C2H6/c1-4-20(26)18-11-22(12-18)9-17(10-22)19-13-23-21(24-14-19)25-7-5-16(6-8-25)15(2)3;1-2/h13-18H,4-12H2,1-3H3;1-2H3. The molecule has 2 heterocycles. The molecule has 0 amide bonds. The largest absolute Gasteiger partial charge is 0.341 e. The first-order valence-electron chi connectivity index (χ1n) is 11.6. The van der Waals surface area contributed by atoms with Gasteiger partial charge in [0.25, 0.3) is 0 Å². The van der Waals surface area contributed by atoms with Crippen LogP contribution in [0.15, 0.2) is 12.4 Å². The van der Waals surface area contributed by atoms with Crippen molar-refractivity contribution >= 4 is 11.7 Å². The molecule has 1 spiro atoms. The molecule has 2 saturated carbocycles. The van der Waals surface area contributed by atoms with E-state index in [0.717, 1.165) is 43.7 Å². The number of hydrogen-bond acceptors (Lipinski definition) is 4. The van der Waals surface area contributed by atoms with Crippen LogP contribution in [0.1, 0.15) is 91.0 Å². The number of rotatable bonds is 5. The first-order valence-corrected chi connectivity index (χ1v) is 11.6. The molecule has 0 bridgehead atoms. The number of ketones is 1. The van der Waals surface area contributed by atoms with E-state index in [0.29, 0.717) is 29.5 Å². The molecule has 0 unspecified atom stereocenters. The first-order chi connectivity index (χ1) is 13.5. The molecule has 2 aliphatic carbocycles. The van der Waals surface area contributed by atoms with E-state index in [1.54, 1.807) is 0 Å². The molecule has 1 aromatic heterocycles. The van der Waals surface area contributed by atoms with Crippen LogP contribution in [0.5, 0.6) is 0 Å². The van der Waals surface area contributed by atoms with Gasteiger partial charge in [-0.1, -0.05) is 34.6 Å². The van der Waals surface area contributed by atoms with Gasteiger partial charge in [-0.25, -0.2) is 9.97 Å². The Labute approximate surface area is 171 Å². The van der Waals surface area contributed by atoms with Crippen molar-refractivity contribution in [1.82, 2.24) is 9.97 Å². The molecule has 156 valence electrons. The van der Waals surface area contributed by atoms with Gasteiger partial charge in [0.2, 0.25) is 5.95 Å². The van der Waals surface area contributed by atoms with Crippen molar-refractivity contribution in [2.75, 3.05) is 18.0 Å². The van der Waals surface area contributed by atoms with Crippen LogP contribution in [0.3, 0.4) is 0 Å². The smallest absolute Gasteiger partial charge is 0.225 e. The van der Waals surface area contributed by atoms with Crippen LogP contribution in [0.2, 0.25) is 0 Å². The number of Topliss-reactive ketones (excluding diaryl/α,β-unsaturated/α-hetero) is 1. The third-order valence-corrected chi connectivity index (χ3v) is 7.42. The molecule has 0 N–H and O–H groups in total. The van der Waals surface area contributed by atoms with Gasteiger partial charge in [0.05, 0.1) is 0 Å². The fourth-order valence-corrected chi connectivity index (χ4v) is 5.53. The fraction of sp³-hybridized carbons (Fsp3) is 0.792. The lowest BCUT2D eigenvalue weighted by atomic mass is 9.47. The van der Waals surface area contributed by atoms with Crippen molar-refractivity contribution in [3.8, 4) is 0 Å². The maximum absolute atomic E-state index is 11.8. The summed E-state index contributed by atoms with van der Waals surface area (Å²) >= 11 is 0. The second-order valence-corrected chi connectivity index (χ2v) is 9.42. The van der Waals surface area contributed by atoms with E-state index in [1.807, 2.05) is 20.8 Å². The van der Waals surface area contributed by atoms with Gasteiger partial charge in [-0.05, 0) is 67.3 Å². The van der Waals surface area contributed by atoms with Gasteiger partial charge in [0, 0.05) is 37.8 Å². The zero-order valence-corrected chi connectivity index (χ0v) is 18.6. The molecule has 3 aliphatic rings. The second kappa shape index (κ2) is 8.92. The summed E-state index contributed by atoms with van der Waals surface area (Å²) in [4.78, 5) is 23.5. The van der Waals surface area contributed by atoms with Crippen molar-refractivity contribution in [3.63, 3.8) is 0 Å². The number of carbonyl (C=O) groups is 1. The van der Waals surface area contributed by atoms with Gasteiger partial charge in [-0.3, -0.25) is 4.79 Å². The van der Waals surface area contributed by atoms with E-state index in [4.69, 9.17) is 0 Å². The minimum atomic E-state index is 0.355. The van der Waals surface area contributed by atoms with Gasteiger partial charge >= 0.3 is 0 Å². The second-order valence-electron chi connectivity index (χ2n) is 9.42. The maximum Gasteiger partial charge on any atom is 0.225 e. The molecule has 4 nitrogen and oxygen atoms in total. The summed E-state index contributed by atoms with van der Waals surface area (Å²) in [7, 11) is 0. The van der Waals surface area contributed by atoms with Crippen molar-refractivity contribution in [2.24, 2.45) is 23.2 Å². The Balaban J connectivity index is 0.00000109. The predicted octanol–water partition coefficient (Wildman–Crippen LogP) is 5.63. The lowest BCUT2D eigenvalue weighted by Crippen LogP contribution is -2.48. The Bertz CT molecular complexity index is 632. The topological polar surface area (TPSA) is 46.1 Å². The summed E-state index contributed by atoms with van der Waals surface area (Å²) in [5, 5.41) is 0. The number of anilines is 1. The number of nitrogens with zero attached hydrogens (tertiary/aromatic N) is 3. The quantitative estimate of drug-likeness (QED) is 0.659. The Kier molecular flexibility index (Phi) is 6.77. The van der Waals surface area contributed by atoms with Gasteiger partial charge in [0.15, 0.2) is 0 Å². The molecule has 4 heteroatoms.